The molecule has 1 aliphatic heterocycles. The molecule has 2 aliphatic carbocycles. The van der Waals surface area contributed by atoms with Gasteiger partial charge < -0.3 is 24.8 Å². The number of carbonyl (C=O) groups is 3. The highest BCUT2D eigenvalue weighted by molar-refractivity contribution is 7.13. The molecule has 3 heterocycles. The van der Waals surface area contributed by atoms with E-state index in [9.17, 15) is 19.5 Å². The van der Waals surface area contributed by atoms with Crippen LogP contribution >= 0.6 is 22.9 Å². The van der Waals surface area contributed by atoms with E-state index in [1.165, 1.54) is 11.3 Å². The summed E-state index contributed by atoms with van der Waals surface area (Å²) in [6, 6.07) is 5.42. The van der Waals surface area contributed by atoms with Crippen LogP contribution in [-0.4, -0.2) is 70.1 Å². The van der Waals surface area contributed by atoms with E-state index in [0.29, 0.717) is 52.5 Å². The normalized spacial score (nSPS) is 27.5. The van der Waals surface area contributed by atoms with Crippen LogP contribution in [0.25, 0.3) is 21.6 Å². The van der Waals surface area contributed by atoms with Crippen LogP contribution in [0.5, 0.6) is 11.5 Å². The zero-order chi connectivity index (χ0) is 32.7. The van der Waals surface area contributed by atoms with Gasteiger partial charge >= 0.3 is 5.97 Å². The fraction of sp³-hybridized carbons (Fsp3) is 0.500. The first kappa shape index (κ1) is 32.2. The van der Waals surface area contributed by atoms with Gasteiger partial charge in [0.2, 0.25) is 11.8 Å². The maximum atomic E-state index is 13.8. The molecule has 0 bridgehead atoms. The van der Waals surface area contributed by atoms with Crippen LogP contribution in [-0.2, 0) is 14.4 Å². The maximum absolute atomic E-state index is 13.8. The van der Waals surface area contributed by atoms with Gasteiger partial charge in [0.25, 0.3) is 0 Å². The summed E-state index contributed by atoms with van der Waals surface area (Å²) >= 11 is 8.24. The summed E-state index contributed by atoms with van der Waals surface area (Å²) in [5.41, 5.74) is 0.705. The number of carbonyl (C=O) groups excluding carboxylic acids is 2. The number of allylic oxidation sites excluding steroid dienone is 1. The van der Waals surface area contributed by atoms with Crippen molar-refractivity contribution >= 4 is 51.6 Å². The monoisotopic (exact) mass is 666 g/mol. The van der Waals surface area contributed by atoms with Gasteiger partial charge in [0.15, 0.2) is 0 Å². The van der Waals surface area contributed by atoms with Crippen molar-refractivity contribution in [3.8, 4) is 22.2 Å². The smallest absolute Gasteiger partial charge is 0.330 e. The third kappa shape index (κ3) is 6.07. The summed E-state index contributed by atoms with van der Waals surface area (Å²) in [7, 11) is 3.31. The van der Waals surface area contributed by atoms with E-state index in [-0.39, 0.29) is 24.2 Å². The lowest BCUT2D eigenvalue weighted by Crippen LogP contribution is -2.49. The third-order valence-electron chi connectivity index (χ3n) is 9.47. The van der Waals surface area contributed by atoms with Crippen molar-refractivity contribution in [2.24, 2.45) is 17.8 Å². The lowest BCUT2D eigenvalue weighted by Gasteiger charge is -2.26. The summed E-state index contributed by atoms with van der Waals surface area (Å²) in [6.07, 6.45) is 6.79. The van der Waals surface area contributed by atoms with Crippen LogP contribution < -0.4 is 14.8 Å². The lowest BCUT2D eigenvalue weighted by atomic mass is 9.93. The standard InChI is InChI=1S/C34H39ClN4O6S/c1-18(2)25-17-46-31(37-25)24-15-27(21-10-11-26(44-4)28(35)29(21)36-24)45-20-13-22-23(14-20)32(41)39(3)12-8-6-5-7-9-19-16-34(19,33(42)43)38-30(22)40/h7,9-11,15,17-20,22-23H,5-6,8,12-14,16H2,1-4H3,(H,38,40)(H,42,43)/b9-7-. The quantitative estimate of drug-likeness (QED) is 0.303. The van der Waals surface area contributed by atoms with E-state index in [4.69, 9.17) is 31.0 Å². The molecule has 0 saturated heterocycles. The molecule has 46 heavy (non-hydrogen) atoms. The number of hydrogen-bond acceptors (Lipinski definition) is 8. The number of carboxylic acid groups (broad SMARTS) is 1. The first-order valence-corrected chi connectivity index (χ1v) is 17.0. The number of aromatic nitrogens is 2. The number of rotatable bonds is 6. The minimum atomic E-state index is -1.34. The van der Waals surface area contributed by atoms with E-state index in [2.05, 4.69) is 19.2 Å². The Kier molecular flexibility index (Phi) is 9.00. The molecule has 2 saturated carbocycles. The molecule has 5 atom stereocenters. The molecule has 2 N–H and O–H groups in total. The number of amides is 2. The van der Waals surface area contributed by atoms with Crippen molar-refractivity contribution in [1.82, 2.24) is 20.2 Å². The van der Waals surface area contributed by atoms with Gasteiger partial charge in [-0.15, -0.1) is 11.3 Å². The van der Waals surface area contributed by atoms with Crippen molar-refractivity contribution in [3.63, 3.8) is 0 Å². The Balaban J connectivity index is 1.35. The number of fused-ring (bicyclic) bond motifs is 3. The Morgan fingerprint density at radius 3 is 2.67 bits per heavy atom. The molecule has 6 rings (SSSR count). The van der Waals surface area contributed by atoms with Crippen molar-refractivity contribution in [1.29, 1.82) is 0 Å². The number of thiazole rings is 1. The predicted octanol–water partition coefficient (Wildman–Crippen LogP) is 6.08. The summed E-state index contributed by atoms with van der Waals surface area (Å²) in [6.45, 7) is 4.74. The number of carboxylic acids is 1. The highest BCUT2D eigenvalue weighted by Crippen LogP contribution is 2.47. The second kappa shape index (κ2) is 12.8. The summed E-state index contributed by atoms with van der Waals surface area (Å²) in [5.74, 6) is -2.04. The van der Waals surface area contributed by atoms with Crippen LogP contribution in [0.3, 0.4) is 0 Å². The molecule has 0 radical (unpaired) electrons. The number of nitrogens with zero attached hydrogens (tertiary/aromatic N) is 3. The van der Waals surface area contributed by atoms with Crippen LogP contribution in [0.1, 0.15) is 64.0 Å². The topological polar surface area (TPSA) is 131 Å². The second-order valence-corrected chi connectivity index (χ2v) is 14.1. The van der Waals surface area contributed by atoms with E-state index < -0.39 is 35.4 Å². The van der Waals surface area contributed by atoms with Crippen molar-refractivity contribution in [3.05, 3.63) is 46.4 Å². The molecule has 3 aliphatic rings. The van der Waals surface area contributed by atoms with Crippen molar-refractivity contribution < 1.29 is 29.0 Å². The molecular formula is C34H39ClN4O6S. The summed E-state index contributed by atoms with van der Waals surface area (Å²) < 4.78 is 12.1. The fourth-order valence-electron chi connectivity index (χ4n) is 6.61. The number of ether oxygens (including phenoxy) is 2. The summed E-state index contributed by atoms with van der Waals surface area (Å²) in [4.78, 5) is 51.3. The van der Waals surface area contributed by atoms with Gasteiger partial charge in [-0.25, -0.2) is 14.8 Å². The van der Waals surface area contributed by atoms with Crippen molar-refractivity contribution in [2.45, 2.75) is 69.9 Å². The summed E-state index contributed by atoms with van der Waals surface area (Å²) in [5, 5.41) is 16.7. The molecule has 12 heteroatoms. The van der Waals surface area contributed by atoms with Gasteiger partial charge in [-0.3, -0.25) is 9.59 Å². The molecule has 3 aromatic rings. The number of pyridine rings is 1. The molecule has 5 unspecified atom stereocenters. The Morgan fingerprint density at radius 2 is 1.96 bits per heavy atom. The number of nitrogens with one attached hydrogen (secondary N) is 1. The van der Waals surface area contributed by atoms with E-state index >= 15 is 0 Å². The Labute approximate surface area is 277 Å². The van der Waals surface area contributed by atoms with Crippen molar-refractivity contribution in [2.75, 3.05) is 20.7 Å². The maximum Gasteiger partial charge on any atom is 0.330 e. The molecule has 1 aromatic carbocycles. The Bertz CT molecular complexity index is 1710. The predicted molar refractivity (Wildman–Crippen MR) is 176 cm³/mol. The van der Waals surface area contributed by atoms with Gasteiger partial charge in [-0.05, 0) is 56.6 Å². The zero-order valence-electron chi connectivity index (χ0n) is 26.4. The Hall–Kier alpha value is -3.70. The highest BCUT2D eigenvalue weighted by Gasteiger charge is 2.61. The van der Waals surface area contributed by atoms with E-state index in [1.54, 1.807) is 25.1 Å². The first-order valence-electron chi connectivity index (χ1n) is 15.8. The average molecular weight is 667 g/mol. The molecule has 2 aromatic heterocycles. The third-order valence-corrected chi connectivity index (χ3v) is 10.7. The van der Waals surface area contributed by atoms with E-state index in [1.807, 2.05) is 29.7 Å². The van der Waals surface area contributed by atoms with Gasteiger partial charge in [0.1, 0.15) is 38.9 Å². The van der Waals surface area contributed by atoms with Gasteiger partial charge in [-0.2, -0.15) is 0 Å². The van der Waals surface area contributed by atoms with Crippen LogP contribution in [0.15, 0.2) is 35.7 Å². The van der Waals surface area contributed by atoms with E-state index in [0.717, 1.165) is 30.0 Å². The molecular weight excluding hydrogens is 628 g/mol. The van der Waals surface area contributed by atoms with Crippen LogP contribution in [0.2, 0.25) is 5.02 Å². The molecule has 244 valence electrons. The molecule has 2 fully saturated rings. The Morgan fingerprint density at radius 1 is 1.17 bits per heavy atom. The first-order chi connectivity index (χ1) is 22.0. The zero-order valence-corrected chi connectivity index (χ0v) is 28.0. The number of methoxy groups -OCH3 is 1. The minimum absolute atomic E-state index is 0.132. The number of halogens is 1. The lowest BCUT2D eigenvalue weighted by molar-refractivity contribution is -0.145. The van der Waals surface area contributed by atoms with Crippen LogP contribution in [0.4, 0.5) is 0 Å². The minimum Gasteiger partial charge on any atom is -0.495 e. The van der Waals surface area contributed by atoms with Gasteiger partial charge in [0.05, 0.1) is 30.2 Å². The van der Waals surface area contributed by atoms with Crippen LogP contribution in [0, 0.1) is 17.8 Å². The number of benzene rings is 1. The SMILES string of the molecule is COc1ccc2c(OC3CC4C(=O)NC5(C(=O)O)CC5/C=C\CCCCN(C)C(=O)C4C3)cc(-c3nc(C(C)C)cs3)nc2c1Cl. The molecule has 10 nitrogen and oxygen atoms in total. The average Bonchev–Trinajstić information content (AvgIpc) is 3.33. The molecule has 0 spiro atoms. The van der Waals surface area contributed by atoms with Gasteiger partial charge in [-0.1, -0.05) is 37.6 Å². The fourth-order valence-corrected chi connectivity index (χ4v) is 7.84. The van der Waals surface area contributed by atoms with Gasteiger partial charge in [0, 0.05) is 36.3 Å². The number of hydrogen-bond donors (Lipinski definition) is 2. The molecule has 2 amide bonds. The number of aliphatic carboxylic acids is 1. The largest absolute Gasteiger partial charge is 0.495 e. The second-order valence-electron chi connectivity index (χ2n) is 12.9. The highest BCUT2D eigenvalue weighted by atomic mass is 35.5.